The highest BCUT2D eigenvalue weighted by molar-refractivity contribution is 5.96. The van der Waals surface area contributed by atoms with Gasteiger partial charge in [-0.2, -0.15) is 0 Å². The second-order valence-corrected chi connectivity index (χ2v) is 10.1. The molecule has 0 saturated heterocycles. The van der Waals surface area contributed by atoms with Crippen LogP contribution in [0.3, 0.4) is 0 Å². The number of carboxylic acid groups (broad SMARTS) is 1. The monoisotopic (exact) mass is 511 g/mol. The van der Waals surface area contributed by atoms with Crippen LogP contribution in [0.25, 0.3) is 16.8 Å². The third-order valence-electron chi connectivity index (χ3n) is 7.61. The number of hydrogen-bond acceptors (Lipinski definition) is 4. The van der Waals surface area contributed by atoms with Crippen molar-refractivity contribution in [1.82, 2.24) is 14.7 Å². The molecule has 1 aliphatic carbocycles. The van der Waals surface area contributed by atoms with Crippen molar-refractivity contribution in [2.45, 2.75) is 64.5 Å². The molecule has 1 amide bonds. The lowest BCUT2D eigenvalue weighted by Crippen LogP contribution is -2.47. The van der Waals surface area contributed by atoms with Gasteiger partial charge >= 0.3 is 12.1 Å². The molecular formula is C31H33N3O4. The molecule has 0 aliphatic heterocycles. The van der Waals surface area contributed by atoms with Crippen LogP contribution in [-0.4, -0.2) is 26.6 Å². The first-order valence-corrected chi connectivity index (χ1v) is 13.2. The van der Waals surface area contributed by atoms with Crippen LogP contribution in [0.1, 0.15) is 71.9 Å². The number of benzene rings is 2. The number of hydrogen-bond donors (Lipinski definition) is 2. The second kappa shape index (κ2) is 10.7. The van der Waals surface area contributed by atoms with E-state index >= 15 is 0 Å². The number of rotatable bonds is 7. The minimum Gasteiger partial charge on any atom is -0.478 e. The Morgan fingerprint density at radius 2 is 1.76 bits per heavy atom. The van der Waals surface area contributed by atoms with E-state index in [0.717, 1.165) is 72.3 Å². The summed E-state index contributed by atoms with van der Waals surface area (Å²) in [6, 6.07) is 18.8. The van der Waals surface area contributed by atoms with Crippen LogP contribution in [0.15, 0.2) is 66.9 Å². The van der Waals surface area contributed by atoms with Crippen LogP contribution in [0.5, 0.6) is 0 Å². The molecule has 1 saturated carbocycles. The van der Waals surface area contributed by atoms with Crippen LogP contribution in [0, 0.1) is 6.92 Å². The summed E-state index contributed by atoms with van der Waals surface area (Å²) >= 11 is 0. The van der Waals surface area contributed by atoms with Gasteiger partial charge in [0.05, 0.1) is 22.5 Å². The summed E-state index contributed by atoms with van der Waals surface area (Å²) in [5, 5.41) is 12.8. The molecule has 1 aliphatic rings. The van der Waals surface area contributed by atoms with Crippen LogP contribution in [0.4, 0.5) is 4.79 Å². The molecule has 4 aromatic rings. The zero-order chi connectivity index (χ0) is 26.7. The minimum absolute atomic E-state index is 0.142. The number of carbonyl (C=O) groups is 2. The van der Waals surface area contributed by atoms with Crippen molar-refractivity contribution in [3.63, 3.8) is 0 Å². The first-order valence-electron chi connectivity index (χ1n) is 13.2. The van der Waals surface area contributed by atoms with E-state index < -0.39 is 17.6 Å². The largest absolute Gasteiger partial charge is 0.478 e. The first kappa shape index (κ1) is 25.5. The number of aromatic carboxylic acids is 1. The highest BCUT2D eigenvalue weighted by Gasteiger charge is 2.36. The number of aryl methyl sites for hydroxylation is 2. The Hall–Kier alpha value is -4.13. The van der Waals surface area contributed by atoms with Crippen molar-refractivity contribution in [3.8, 4) is 11.1 Å². The molecule has 2 aromatic heterocycles. The fraction of sp³-hybridized carbons (Fsp3) is 0.323. The number of imidazole rings is 1. The SMILES string of the molecule is CCc1cn2c(COC(=O)NC3(c4ccc(-c5ccccc5C(=O)O)cc4)CCCCC3)ccc(C)c2n1. The fourth-order valence-electron chi connectivity index (χ4n) is 5.49. The second-order valence-electron chi connectivity index (χ2n) is 10.1. The van der Waals surface area contributed by atoms with Gasteiger partial charge in [0.15, 0.2) is 0 Å². The van der Waals surface area contributed by atoms with Crippen molar-refractivity contribution in [2.75, 3.05) is 0 Å². The Balaban J connectivity index is 1.35. The summed E-state index contributed by atoms with van der Waals surface area (Å²) in [5.74, 6) is -0.953. The Labute approximate surface area is 222 Å². The predicted molar refractivity (Wildman–Crippen MR) is 146 cm³/mol. The molecule has 2 heterocycles. The van der Waals surface area contributed by atoms with Gasteiger partial charge in [0.2, 0.25) is 0 Å². The highest BCUT2D eigenvalue weighted by Crippen LogP contribution is 2.38. The van der Waals surface area contributed by atoms with Gasteiger partial charge < -0.3 is 19.6 Å². The molecule has 2 N–H and O–H groups in total. The van der Waals surface area contributed by atoms with E-state index in [2.05, 4.69) is 17.2 Å². The quantitative estimate of drug-likeness (QED) is 0.290. The van der Waals surface area contributed by atoms with E-state index in [-0.39, 0.29) is 12.2 Å². The first-order chi connectivity index (χ1) is 18.4. The summed E-state index contributed by atoms with van der Waals surface area (Å²) in [5.41, 5.74) is 6.09. The van der Waals surface area contributed by atoms with Gasteiger partial charge in [0.1, 0.15) is 12.3 Å². The van der Waals surface area contributed by atoms with Crippen molar-refractivity contribution >= 4 is 17.7 Å². The maximum atomic E-state index is 13.1. The third-order valence-corrected chi connectivity index (χ3v) is 7.61. The molecule has 0 bridgehead atoms. The number of carbonyl (C=O) groups excluding carboxylic acids is 1. The van der Waals surface area contributed by atoms with Crippen molar-refractivity contribution in [3.05, 3.63) is 94.9 Å². The van der Waals surface area contributed by atoms with Crippen molar-refractivity contribution in [2.24, 2.45) is 0 Å². The Morgan fingerprint density at radius 1 is 1.03 bits per heavy atom. The highest BCUT2D eigenvalue weighted by atomic mass is 16.5. The lowest BCUT2D eigenvalue weighted by Gasteiger charge is -2.38. The van der Waals surface area contributed by atoms with Gasteiger partial charge in [-0.3, -0.25) is 0 Å². The predicted octanol–water partition coefficient (Wildman–Crippen LogP) is 6.66. The number of fused-ring (bicyclic) bond motifs is 1. The average molecular weight is 512 g/mol. The van der Waals surface area contributed by atoms with Crippen LogP contribution in [0.2, 0.25) is 0 Å². The van der Waals surface area contributed by atoms with E-state index in [0.29, 0.717) is 5.56 Å². The number of nitrogens with one attached hydrogen (secondary N) is 1. The van der Waals surface area contributed by atoms with E-state index in [9.17, 15) is 14.7 Å². The van der Waals surface area contributed by atoms with Gasteiger partial charge in [-0.15, -0.1) is 0 Å². The Bertz CT molecular complexity index is 1470. The summed E-state index contributed by atoms with van der Waals surface area (Å²) in [6.45, 7) is 4.24. The number of nitrogens with zero attached hydrogens (tertiary/aromatic N) is 2. The van der Waals surface area contributed by atoms with Crippen LogP contribution < -0.4 is 5.32 Å². The summed E-state index contributed by atoms with van der Waals surface area (Å²) < 4.78 is 7.74. The smallest absolute Gasteiger partial charge is 0.408 e. The lowest BCUT2D eigenvalue weighted by molar-refractivity contribution is 0.0697. The normalized spacial score (nSPS) is 14.8. The molecule has 0 unspecified atom stereocenters. The van der Waals surface area contributed by atoms with Gasteiger partial charge in [-0.05, 0) is 60.6 Å². The standard InChI is InChI=1S/C31H33N3O4/c1-3-24-19-34-25(16-11-21(2)28(34)32-24)20-38-30(37)33-31(17-7-4-8-18-31)23-14-12-22(13-15-23)26-9-5-6-10-27(26)29(35)36/h5-6,9-16,19H,3-4,7-8,17-18,20H2,1-2H3,(H,33,37)(H,35,36). The number of alkyl carbamates (subject to hydrolysis) is 1. The molecular weight excluding hydrogens is 478 g/mol. The van der Waals surface area contributed by atoms with E-state index in [4.69, 9.17) is 4.74 Å². The van der Waals surface area contributed by atoms with Crippen molar-refractivity contribution < 1.29 is 19.4 Å². The Kier molecular flexibility index (Phi) is 7.18. The van der Waals surface area contributed by atoms with Crippen LogP contribution >= 0.6 is 0 Å². The van der Waals surface area contributed by atoms with Gasteiger partial charge in [-0.1, -0.05) is 74.7 Å². The van der Waals surface area contributed by atoms with Gasteiger partial charge in [0.25, 0.3) is 0 Å². The molecule has 7 nitrogen and oxygen atoms in total. The zero-order valence-electron chi connectivity index (χ0n) is 21.9. The lowest BCUT2D eigenvalue weighted by atomic mass is 9.76. The number of pyridine rings is 1. The topological polar surface area (TPSA) is 92.9 Å². The number of amides is 1. The van der Waals surface area contributed by atoms with E-state index in [1.807, 2.05) is 66.1 Å². The van der Waals surface area contributed by atoms with Crippen LogP contribution in [-0.2, 0) is 23.3 Å². The zero-order valence-corrected chi connectivity index (χ0v) is 21.9. The molecule has 5 rings (SSSR count). The molecule has 7 heteroatoms. The number of carboxylic acids is 1. The number of ether oxygens (including phenoxy) is 1. The maximum absolute atomic E-state index is 13.1. The van der Waals surface area contributed by atoms with E-state index in [1.54, 1.807) is 12.1 Å². The fourth-order valence-corrected chi connectivity index (χ4v) is 5.49. The summed E-state index contributed by atoms with van der Waals surface area (Å²) in [4.78, 5) is 29.5. The van der Waals surface area contributed by atoms with Gasteiger partial charge in [-0.25, -0.2) is 14.6 Å². The number of aromatic nitrogens is 2. The summed E-state index contributed by atoms with van der Waals surface area (Å²) in [6.07, 6.45) is 7.19. The molecule has 0 spiro atoms. The van der Waals surface area contributed by atoms with Crippen molar-refractivity contribution in [1.29, 1.82) is 0 Å². The molecule has 196 valence electrons. The van der Waals surface area contributed by atoms with Gasteiger partial charge in [0, 0.05) is 6.20 Å². The molecule has 0 atom stereocenters. The minimum atomic E-state index is -0.953. The molecule has 1 fully saturated rings. The van der Waals surface area contributed by atoms with E-state index in [1.165, 1.54) is 0 Å². The average Bonchev–Trinajstić information content (AvgIpc) is 3.39. The summed E-state index contributed by atoms with van der Waals surface area (Å²) in [7, 11) is 0. The molecule has 38 heavy (non-hydrogen) atoms. The third kappa shape index (κ3) is 5.01. The molecule has 2 aromatic carbocycles. The Morgan fingerprint density at radius 3 is 2.47 bits per heavy atom. The maximum Gasteiger partial charge on any atom is 0.408 e. The molecule has 0 radical (unpaired) electrons.